The Morgan fingerprint density at radius 2 is 1.52 bits per heavy atom. The maximum atomic E-state index is 13.0. The van der Waals surface area contributed by atoms with E-state index in [1.54, 1.807) is 7.11 Å². The maximum absolute atomic E-state index is 13.0. The van der Waals surface area contributed by atoms with Crippen LogP contribution < -0.4 is 10.1 Å². The van der Waals surface area contributed by atoms with Gasteiger partial charge in [0.25, 0.3) is 0 Å². The van der Waals surface area contributed by atoms with E-state index in [0.29, 0.717) is 6.54 Å². The Balaban J connectivity index is 1.63. The molecule has 5 heteroatoms. The molecule has 0 aliphatic heterocycles. The predicted molar refractivity (Wildman–Crippen MR) is 127 cm³/mol. The van der Waals surface area contributed by atoms with Crippen LogP contribution in [-0.4, -0.2) is 18.5 Å². The average molecular weight is 480 g/mol. The number of unbranched alkanes of at least 4 members (excludes halogenated alkanes) is 1. The molecule has 0 radical (unpaired) electrons. The molecule has 1 aliphatic rings. The summed E-state index contributed by atoms with van der Waals surface area (Å²) in [7, 11) is 1.63. The van der Waals surface area contributed by atoms with Gasteiger partial charge in [-0.3, -0.25) is 0 Å². The Kier molecular flexibility index (Phi) is 6.62. The number of carbonyl (C=O) groups excluding carboxylic acids is 1. The number of carbonyl (C=O) groups is 1. The second kappa shape index (κ2) is 9.56. The molecule has 0 saturated carbocycles. The summed E-state index contributed by atoms with van der Waals surface area (Å²) in [4.78, 5) is 13.0. The van der Waals surface area contributed by atoms with E-state index < -0.39 is 11.7 Å². The van der Waals surface area contributed by atoms with Crippen molar-refractivity contribution in [3.8, 4) is 16.9 Å². The first-order valence-electron chi connectivity index (χ1n) is 10.5. The number of fused-ring (bicyclic) bond motifs is 3. The molecule has 0 bridgehead atoms. The van der Waals surface area contributed by atoms with Crippen LogP contribution >= 0.6 is 15.9 Å². The van der Waals surface area contributed by atoms with Crippen molar-refractivity contribution in [2.45, 2.75) is 31.4 Å². The third-order valence-corrected chi connectivity index (χ3v) is 6.37. The smallest absolute Gasteiger partial charge is 0.408 e. The van der Waals surface area contributed by atoms with Crippen LogP contribution in [-0.2, 0) is 16.9 Å². The van der Waals surface area contributed by atoms with Gasteiger partial charge in [0.1, 0.15) is 5.75 Å². The van der Waals surface area contributed by atoms with Crippen LogP contribution in [0.3, 0.4) is 0 Å². The van der Waals surface area contributed by atoms with Crippen molar-refractivity contribution in [3.05, 3.63) is 89.5 Å². The molecule has 0 aromatic heterocycles. The molecule has 0 saturated heterocycles. The lowest BCUT2D eigenvalue weighted by Crippen LogP contribution is -2.37. The quantitative estimate of drug-likeness (QED) is 0.299. The number of alkyl halides is 1. The van der Waals surface area contributed by atoms with Crippen molar-refractivity contribution >= 4 is 22.0 Å². The molecule has 1 amide bonds. The molecule has 0 heterocycles. The summed E-state index contributed by atoms with van der Waals surface area (Å²) in [6.45, 7) is 0.337. The molecule has 3 aromatic rings. The van der Waals surface area contributed by atoms with Gasteiger partial charge >= 0.3 is 6.09 Å². The van der Waals surface area contributed by atoms with Gasteiger partial charge in [0.2, 0.25) is 0 Å². The van der Waals surface area contributed by atoms with Crippen molar-refractivity contribution in [2.75, 3.05) is 12.4 Å². The topological polar surface area (TPSA) is 47.6 Å². The Morgan fingerprint density at radius 3 is 2.16 bits per heavy atom. The van der Waals surface area contributed by atoms with E-state index in [2.05, 4.69) is 45.5 Å². The standard InChI is InChI=1S/C26H26BrNO3/c1-30-24-15-7-2-10-19(24)18-28-25(29)31-26(16-8-9-17-27)22-13-5-3-11-20(22)21-12-4-6-14-23(21)26/h2-7,10-15H,8-9,16-18H2,1H3,(H,28,29). The van der Waals surface area contributed by atoms with Crippen LogP contribution in [0.1, 0.15) is 36.0 Å². The minimum Gasteiger partial charge on any atom is -0.496 e. The number of hydrogen-bond acceptors (Lipinski definition) is 3. The van der Waals surface area contributed by atoms with E-state index in [0.717, 1.165) is 58.2 Å². The molecule has 0 unspecified atom stereocenters. The fourth-order valence-electron chi connectivity index (χ4n) is 4.39. The first-order valence-corrected chi connectivity index (χ1v) is 11.7. The largest absolute Gasteiger partial charge is 0.496 e. The monoisotopic (exact) mass is 479 g/mol. The molecule has 1 N–H and O–H groups in total. The SMILES string of the molecule is COc1ccccc1CNC(=O)OC1(CCCCBr)c2ccccc2-c2ccccc21. The normalized spacial score (nSPS) is 13.2. The van der Waals surface area contributed by atoms with Gasteiger partial charge in [0.15, 0.2) is 5.60 Å². The highest BCUT2D eigenvalue weighted by atomic mass is 79.9. The van der Waals surface area contributed by atoms with Crippen molar-refractivity contribution in [3.63, 3.8) is 0 Å². The molecular formula is C26H26BrNO3. The minimum absolute atomic E-state index is 0.337. The third kappa shape index (κ3) is 4.19. The summed E-state index contributed by atoms with van der Waals surface area (Å²) in [5.41, 5.74) is 4.49. The lowest BCUT2D eigenvalue weighted by atomic mass is 9.86. The van der Waals surface area contributed by atoms with Gasteiger partial charge in [-0.25, -0.2) is 4.79 Å². The number of benzene rings is 3. The number of rotatable bonds is 8. The Hall–Kier alpha value is -2.79. The van der Waals surface area contributed by atoms with Crippen LogP contribution in [0.15, 0.2) is 72.8 Å². The summed E-state index contributed by atoms with van der Waals surface area (Å²) in [5, 5.41) is 3.85. The summed E-state index contributed by atoms with van der Waals surface area (Å²) >= 11 is 3.52. The zero-order valence-corrected chi connectivity index (χ0v) is 19.2. The minimum atomic E-state index is -0.791. The van der Waals surface area contributed by atoms with E-state index in [9.17, 15) is 4.79 Å². The summed E-state index contributed by atoms with van der Waals surface area (Å²) in [6.07, 6.45) is 2.25. The van der Waals surface area contributed by atoms with Crippen LogP contribution in [0.5, 0.6) is 5.75 Å². The predicted octanol–water partition coefficient (Wildman–Crippen LogP) is 6.41. The van der Waals surface area contributed by atoms with Gasteiger partial charge in [0, 0.05) is 28.6 Å². The number of nitrogens with one attached hydrogen (secondary N) is 1. The van der Waals surface area contributed by atoms with Crippen molar-refractivity contribution in [2.24, 2.45) is 0 Å². The first kappa shape index (κ1) is 21.4. The van der Waals surface area contributed by atoms with E-state index in [1.807, 2.05) is 48.5 Å². The Morgan fingerprint density at radius 1 is 0.903 bits per heavy atom. The zero-order chi connectivity index (χ0) is 21.7. The second-order valence-electron chi connectivity index (χ2n) is 7.62. The fourth-order valence-corrected chi connectivity index (χ4v) is 4.79. The van der Waals surface area contributed by atoms with Crippen molar-refractivity contribution < 1.29 is 14.3 Å². The van der Waals surface area contributed by atoms with E-state index in [4.69, 9.17) is 9.47 Å². The molecule has 3 aromatic carbocycles. The van der Waals surface area contributed by atoms with Gasteiger partial charge in [-0.1, -0.05) is 82.7 Å². The van der Waals surface area contributed by atoms with Crippen LogP contribution in [0.4, 0.5) is 4.79 Å². The number of methoxy groups -OCH3 is 1. The number of ether oxygens (including phenoxy) is 2. The highest BCUT2D eigenvalue weighted by molar-refractivity contribution is 9.09. The van der Waals surface area contributed by atoms with Gasteiger partial charge in [-0.05, 0) is 36.5 Å². The van der Waals surface area contributed by atoms with Gasteiger partial charge in [-0.15, -0.1) is 0 Å². The number of hydrogen-bond donors (Lipinski definition) is 1. The van der Waals surface area contributed by atoms with Crippen molar-refractivity contribution in [1.82, 2.24) is 5.32 Å². The Labute approximate surface area is 191 Å². The van der Waals surface area contributed by atoms with Crippen LogP contribution in [0.25, 0.3) is 11.1 Å². The Bertz CT molecular complexity index is 1020. The molecule has 0 atom stereocenters. The van der Waals surface area contributed by atoms with Crippen LogP contribution in [0, 0.1) is 0 Å². The number of amides is 1. The van der Waals surface area contributed by atoms with Crippen LogP contribution in [0.2, 0.25) is 0 Å². The van der Waals surface area contributed by atoms with E-state index in [-0.39, 0.29) is 0 Å². The summed E-state index contributed by atoms with van der Waals surface area (Å²) < 4.78 is 11.7. The number of halogens is 1. The second-order valence-corrected chi connectivity index (χ2v) is 8.41. The van der Waals surface area contributed by atoms with Gasteiger partial charge < -0.3 is 14.8 Å². The molecule has 160 valence electrons. The van der Waals surface area contributed by atoms with E-state index >= 15 is 0 Å². The zero-order valence-electron chi connectivity index (χ0n) is 17.6. The first-order chi connectivity index (χ1) is 15.2. The summed E-state index contributed by atoms with van der Waals surface area (Å²) in [6, 6.07) is 24.1. The highest BCUT2D eigenvalue weighted by Gasteiger charge is 2.46. The van der Waals surface area contributed by atoms with E-state index in [1.165, 1.54) is 0 Å². The molecular weight excluding hydrogens is 454 g/mol. The molecule has 4 rings (SSSR count). The average Bonchev–Trinajstić information content (AvgIpc) is 3.08. The lowest BCUT2D eigenvalue weighted by Gasteiger charge is -2.32. The van der Waals surface area contributed by atoms with Crippen molar-refractivity contribution in [1.29, 1.82) is 0 Å². The fraction of sp³-hybridized carbons (Fsp3) is 0.269. The number of para-hydroxylation sites is 1. The third-order valence-electron chi connectivity index (χ3n) is 5.81. The maximum Gasteiger partial charge on any atom is 0.408 e. The lowest BCUT2D eigenvalue weighted by molar-refractivity contribution is 0.0334. The van der Waals surface area contributed by atoms with Gasteiger partial charge in [0.05, 0.1) is 7.11 Å². The number of alkyl carbamates (subject to hydrolysis) is 1. The van der Waals surface area contributed by atoms with Gasteiger partial charge in [-0.2, -0.15) is 0 Å². The molecule has 0 fully saturated rings. The molecule has 4 nitrogen and oxygen atoms in total. The molecule has 1 aliphatic carbocycles. The highest BCUT2D eigenvalue weighted by Crippen LogP contribution is 2.52. The summed E-state index contributed by atoms with van der Waals surface area (Å²) in [5.74, 6) is 0.742. The molecule has 31 heavy (non-hydrogen) atoms. The molecule has 0 spiro atoms.